The summed E-state index contributed by atoms with van der Waals surface area (Å²) >= 11 is 5.61. The van der Waals surface area contributed by atoms with Crippen molar-refractivity contribution in [2.75, 3.05) is 13.3 Å². The first-order valence-electron chi connectivity index (χ1n) is 8.21. The lowest BCUT2D eigenvalue weighted by Crippen LogP contribution is -2.46. The normalized spacial score (nSPS) is 17.3. The van der Waals surface area contributed by atoms with Crippen LogP contribution >= 0.6 is 12.2 Å². The van der Waals surface area contributed by atoms with Crippen LogP contribution in [0.2, 0.25) is 0 Å². The van der Waals surface area contributed by atoms with Gasteiger partial charge in [0.25, 0.3) is 0 Å². The number of nitrogens with zero attached hydrogens (tertiary/aromatic N) is 1. The molecular weight excluding hydrogens is 296 g/mol. The molecule has 1 fully saturated rings. The Bertz CT molecular complexity index is 529. The standard InChI is InChI=1S/C17H24N2O2S/c1-2-19(14-6-4-3-5-7-14)17(22)18-11-13-8-9-15-16(10-13)21-12-20-15/h8-10,14H,2-7,11-12H2,1H3,(H,18,22). The van der Waals surface area contributed by atoms with Gasteiger partial charge in [-0.3, -0.25) is 0 Å². The fourth-order valence-corrected chi connectivity index (χ4v) is 3.64. The van der Waals surface area contributed by atoms with Crippen LogP contribution in [0.25, 0.3) is 0 Å². The Morgan fingerprint density at radius 3 is 2.77 bits per heavy atom. The van der Waals surface area contributed by atoms with E-state index in [4.69, 9.17) is 21.7 Å². The van der Waals surface area contributed by atoms with Crippen LogP contribution in [0.15, 0.2) is 18.2 Å². The van der Waals surface area contributed by atoms with Crippen molar-refractivity contribution in [1.82, 2.24) is 10.2 Å². The highest BCUT2D eigenvalue weighted by molar-refractivity contribution is 7.80. The van der Waals surface area contributed by atoms with Crippen molar-refractivity contribution in [3.8, 4) is 11.5 Å². The van der Waals surface area contributed by atoms with Crippen molar-refractivity contribution >= 4 is 17.3 Å². The molecular formula is C17H24N2O2S. The molecule has 0 saturated heterocycles. The van der Waals surface area contributed by atoms with E-state index in [1.165, 1.54) is 32.1 Å². The predicted octanol–water partition coefficient (Wildman–Crippen LogP) is 3.44. The number of hydrogen-bond acceptors (Lipinski definition) is 3. The van der Waals surface area contributed by atoms with Gasteiger partial charge in [0.15, 0.2) is 16.6 Å². The highest BCUT2D eigenvalue weighted by atomic mass is 32.1. The number of hydrogen-bond donors (Lipinski definition) is 1. The molecule has 3 rings (SSSR count). The van der Waals surface area contributed by atoms with E-state index < -0.39 is 0 Å². The SMILES string of the molecule is CCN(C(=S)NCc1ccc2c(c1)OCO2)C1CCCCC1. The van der Waals surface area contributed by atoms with Gasteiger partial charge in [-0.2, -0.15) is 0 Å². The minimum atomic E-state index is 0.315. The van der Waals surface area contributed by atoms with Crippen LogP contribution in [0, 0.1) is 0 Å². The van der Waals surface area contributed by atoms with Crippen molar-refractivity contribution in [3.63, 3.8) is 0 Å². The Hall–Kier alpha value is -1.49. The first kappa shape index (κ1) is 15.4. The second-order valence-corrected chi connectivity index (χ2v) is 6.31. The maximum atomic E-state index is 5.61. The number of benzene rings is 1. The molecule has 22 heavy (non-hydrogen) atoms. The second-order valence-electron chi connectivity index (χ2n) is 5.92. The Balaban J connectivity index is 1.56. The second kappa shape index (κ2) is 7.18. The van der Waals surface area contributed by atoms with Crippen molar-refractivity contribution in [2.45, 2.75) is 51.6 Å². The van der Waals surface area contributed by atoms with E-state index in [1.54, 1.807) is 0 Å². The summed E-state index contributed by atoms with van der Waals surface area (Å²) in [7, 11) is 0. The average molecular weight is 320 g/mol. The molecule has 0 unspecified atom stereocenters. The zero-order chi connectivity index (χ0) is 15.4. The van der Waals surface area contributed by atoms with Gasteiger partial charge in [-0.25, -0.2) is 0 Å². The zero-order valence-corrected chi connectivity index (χ0v) is 14.0. The summed E-state index contributed by atoms with van der Waals surface area (Å²) in [6.45, 7) is 4.19. The third-order valence-corrected chi connectivity index (χ3v) is 4.88. The number of ether oxygens (including phenoxy) is 2. The largest absolute Gasteiger partial charge is 0.454 e. The molecule has 1 aliphatic heterocycles. The fraction of sp³-hybridized carbons (Fsp3) is 0.588. The maximum Gasteiger partial charge on any atom is 0.231 e. The lowest BCUT2D eigenvalue weighted by atomic mass is 9.94. The molecule has 1 N–H and O–H groups in total. The van der Waals surface area contributed by atoms with Gasteiger partial charge >= 0.3 is 0 Å². The number of nitrogens with one attached hydrogen (secondary N) is 1. The van der Waals surface area contributed by atoms with Gasteiger partial charge in [-0.1, -0.05) is 25.3 Å². The molecule has 0 amide bonds. The van der Waals surface area contributed by atoms with E-state index in [0.717, 1.165) is 35.3 Å². The van der Waals surface area contributed by atoms with E-state index >= 15 is 0 Å². The summed E-state index contributed by atoms with van der Waals surface area (Å²) in [6, 6.07) is 6.64. The van der Waals surface area contributed by atoms with Crippen LogP contribution < -0.4 is 14.8 Å². The van der Waals surface area contributed by atoms with E-state index in [9.17, 15) is 0 Å². The molecule has 1 saturated carbocycles. The van der Waals surface area contributed by atoms with Crippen LogP contribution in [0.3, 0.4) is 0 Å². The monoisotopic (exact) mass is 320 g/mol. The van der Waals surface area contributed by atoms with Crippen molar-refractivity contribution in [1.29, 1.82) is 0 Å². The maximum absolute atomic E-state index is 5.61. The fourth-order valence-electron chi connectivity index (χ4n) is 3.29. The smallest absolute Gasteiger partial charge is 0.231 e. The molecule has 1 aromatic rings. The first-order chi connectivity index (χ1) is 10.8. The molecule has 0 spiro atoms. The Kier molecular flexibility index (Phi) is 5.03. The van der Waals surface area contributed by atoms with Crippen molar-refractivity contribution in [2.24, 2.45) is 0 Å². The van der Waals surface area contributed by atoms with Gasteiger partial charge in [0.2, 0.25) is 6.79 Å². The lowest BCUT2D eigenvalue weighted by Gasteiger charge is -2.35. The highest BCUT2D eigenvalue weighted by Crippen LogP contribution is 2.32. The van der Waals surface area contributed by atoms with Gasteiger partial charge in [0.05, 0.1) is 0 Å². The summed E-state index contributed by atoms with van der Waals surface area (Å²) in [5.74, 6) is 1.65. The van der Waals surface area contributed by atoms with Gasteiger partial charge in [0.1, 0.15) is 0 Å². The summed E-state index contributed by atoms with van der Waals surface area (Å²) in [4.78, 5) is 2.35. The molecule has 5 heteroatoms. The van der Waals surface area contributed by atoms with Gasteiger partial charge in [-0.05, 0) is 49.7 Å². The third-order valence-electron chi connectivity index (χ3n) is 4.50. The van der Waals surface area contributed by atoms with Crippen LogP contribution in [-0.2, 0) is 6.54 Å². The molecule has 120 valence electrons. The van der Waals surface area contributed by atoms with E-state index in [2.05, 4.69) is 23.2 Å². The molecule has 1 aliphatic carbocycles. The number of rotatable bonds is 4. The van der Waals surface area contributed by atoms with Crippen molar-refractivity contribution in [3.05, 3.63) is 23.8 Å². The van der Waals surface area contributed by atoms with Gasteiger partial charge in [-0.15, -0.1) is 0 Å². The van der Waals surface area contributed by atoms with E-state index in [1.807, 2.05) is 12.1 Å². The van der Waals surface area contributed by atoms with E-state index in [0.29, 0.717) is 12.8 Å². The Labute approximate surface area is 137 Å². The summed E-state index contributed by atoms with van der Waals surface area (Å²) in [5.41, 5.74) is 1.16. The van der Waals surface area contributed by atoms with Crippen LogP contribution in [-0.4, -0.2) is 29.4 Å². The lowest BCUT2D eigenvalue weighted by molar-refractivity contribution is 0.174. The molecule has 0 bridgehead atoms. The van der Waals surface area contributed by atoms with E-state index in [-0.39, 0.29) is 0 Å². The predicted molar refractivity (Wildman–Crippen MR) is 91.3 cm³/mol. The Morgan fingerprint density at radius 1 is 1.23 bits per heavy atom. The molecule has 1 aromatic carbocycles. The molecule has 0 radical (unpaired) electrons. The summed E-state index contributed by atoms with van der Waals surface area (Å²) in [6.07, 6.45) is 6.54. The van der Waals surface area contributed by atoms with Gasteiger partial charge < -0.3 is 19.7 Å². The van der Waals surface area contributed by atoms with Crippen LogP contribution in [0.4, 0.5) is 0 Å². The zero-order valence-electron chi connectivity index (χ0n) is 13.1. The molecule has 0 aromatic heterocycles. The molecule has 2 aliphatic rings. The quantitative estimate of drug-likeness (QED) is 0.860. The average Bonchev–Trinajstić information content (AvgIpc) is 3.02. The minimum Gasteiger partial charge on any atom is -0.454 e. The topological polar surface area (TPSA) is 33.7 Å². The Morgan fingerprint density at radius 2 is 2.00 bits per heavy atom. The minimum absolute atomic E-state index is 0.315. The van der Waals surface area contributed by atoms with Crippen LogP contribution in [0.1, 0.15) is 44.6 Å². The van der Waals surface area contributed by atoms with Crippen LogP contribution in [0.5, 0.6) is 11.5 Å². The molecule has 4 nitrogen and oxygen atoms in total. The molecule has 0 atom stereocenters. The van der Waals surface area contributed by atoms with Crippen molar-refractivity contribution < 1.29 is 9.47 Å². The van der Waals surface area contributed by atoms with Gasteiger partial charge in [0, 0.05) is 19.1 Å². The highest BCUT2D eigenvalue weighted by Gasteiger charge is 2.22. The number of thiocarbonyl (C=S) groups is 1. The summed E-state index contributed by atoms with van der Waals surface area (Å²) < 4.78 is 10.8. The first-order valence-corrected chi connectivity index (χ1v) is 8.61. The number of fused-ring (bicyclic) bond motifs is 1. The third kappa shape index (κ3) is 3.46. The molecule has 1 heterocycles. The summed E-state index contributed by atoms with van der Waals surface area (Å²) in [5, 5.41) is 4.27.